The molecule has 1 amide bonds. The number of likely N-dealkylation sites (N-methyl/N-ethyl adjacent to an activating group) is 1. The van der Waals surface area contributed by atoms with Crippen molar-refractivity contribution in [3.8, 4) is 0 Å². The van der Waals surface area contributed by atoms with E-state index >= 15 is 0 Å². The molecule has 0 spiro atoms. The Labute approximate surface area is 152 Å². The van der Waals surface area contributed by atoms with Gasteiger partial charge in [0.1, 0.15) is 6.54 Å². The van der Waals surface area contributed by atoms with Gasteiger partial charge in [-0.25, -0.2) is 0 Å². The first kappa shape index (κ1) is 17.4. The fourth-order valence-electron chi connectivity index (χ4n) is 2.85. The number of rotatable bonds is 7. The minimum Gasteiger partial charge on any atom is -0.325 e. The van der Waals surface area contributed by atoms with E-state index in [4.69, 9.17) is 0 Å². The Morgan fingerprint density at radius 2 is 1.76 bits per heavy atom. The number of nitrogens with one attached hydrogen (secondary N) is 2. The highest BCUT2D eigenvalue weighted by atomic mass is 32.1. The molecule has 3 rings (SSSR count). The Bertz CT molecular complexity index is 800. The topological polar surface area (TPSA) is 33.5 Å². The van der Waals surface area contributed by atoms with Gasteiger partial charge >= 0.3 is 0 Å². The first-order valence-corrected chi connectivity index (χ1v) is 9.34. The molecule has 0 saturated carbocycles. The summed E-state index contributed by atoms with van der Waals surface area (Å²) < 4.78 is 0. The Hall–Kier alpha value is -2.43. The summed E-state index contributed by atoms with van der Waals surface area (Å²) in [7, 11) is 2.05. The number of anilines is 1. The van der Waals surface area contributed by atoms with E-state index in [-0.39, 0.29) is 5.91 Å². The van der Waals surface area contributed by atoms with E-state index in [0.29, 0.717) is 6.54 Å². The summed E-state index contributed by atoms with van der Waals surface area (Å²) in [5.74, 6) is 0.0505. The summed E-state index contributed by atoms with van der Waals surface area (Å²) in [6.45, 7) is 1.33. The van der Waals surface area contributed by atoms with Crippen LogP contribution in [0.4, 0.5) is 5.69 Å². The molecule has 128 valence electrons. The van der Waals surface area contributed by atoms with Crippen molar-refractivity contribution >= 4 is 22.9 Å². The fourth-order valence-corrected chi connectivity index (χ4v) is 3.67. The molecule has 0 aliphatic carbocycles. The predicted octanol–water partition coefficient (Wildman–Crippen LogP) is 2.99. The molecule has 1 unspecified atom stereocenters. The van der Waals surface area contributed by atoms with Crippen molar-refractivity contribution in [2.75, 3.05) is 18.9 Å². The summed E-state index contributed by atoms with van der Waals surface area (Å²) in [5.41, 5.74) is 3.28. The van der Waals surface area contributed by atoms with Crippen molar-refractivity contribution in [3.05, 3.63) is 88.1 Å². The summed E-state index contributed by atoms with van der Waals surface area (Å²) in [6, 6.07) is 22.5. The largest absolute Gasteiger partial charge is 0.325 e. The number of amides is 1. The van der Waals surface area contributed by atoms with Crippen molar-refractivity contribution in [1.29, 1.82) is 0 Å². The maximum atomic E-state index is 12.4. The predicted molar refractivity (Wildman–Crippen MR) is 104 cm³/mol. The number of hydrogen-bond acceptors (Lipinski definition) is 2. The quantitative estimate of drug-likeness (QED) is 0.674. The van der Waals surface area contributed by atoms with Crippen molar-refractivity contribution in [2.45, 2.75) is 13.0 Å². The van der Waals surface area contributed by atoms with Crippen LogP contribution in [0.1, 0.15) is 16.0 Å². The molecule has 3 aromatic rings. The van der Waals surface area contributed by atoms with E-state index in [1.54, 1.807) is 11.3 Å². The zero-order valence-corrected chi connectivity index (χ0v) is 15.2. The molecule has 2 aromatic carbocycles. The van der Waals surface area contributed by atoms with Gasteiger partial charge in [-0.05, 0) is 35.1 Å². The van der Waals surface area contributed by atoms with Gasteiger partial charge in [0, 0.05) is 5.69 Å². The molecule has 0 radical (unpaired) electrons. The first-order valence-electron chi connectivity index (χ1n) is 8.46. The lowest BCUT2D eigenvalue weighted by atomic mass is 10.0. The van der Waals surface area contributed by atoms with Crippen molar-refractivity contribution in [1.82, 2.24) is 0 Å². The molecule has 4 heteroatoms. The number of carbonyl (C=O) groups is 1. The summed E-state index contributed by atoms with van der Waals surface area (Å²) in [5, 5.41) is 5.16. The molecule has 0 aliphatic rings. The lowest BCUT2D eigenvalue weighted by Crippen LogP contribution is -3.08. The van der Waals surface area contributed by atoms with E-state index in [1.165, 1.54) is 15.3 Å². The minimum atomic E-state index is 0.0505. The summed E-state index contributed by atoms with van der Waals surface area (Å²) >= 11 is 1.73. The standard InChI is InChI=1S/C21H22N2OS/c1-23(15-19-11-7-13-25-19)16-21(24)22-20-12-6-5-10-18(20)14-17-8-3-2-4-9-17/h2-13H,14-16H2,1H3,(H,22,24)/p+1. The molecule has 0 saturated heterocycles. The third kappa shape index (κ3) is 5.28. The Morgan fingerprint density at radius 1 is 1.00 bits per heavy atom. The fraction of sp³-hybridized carbons (Fsp3) is 0.190. The number of thiophene rings is 1. The average Bonchev–Trinajstić information content (AvgIpc) is 3.10. The van der Waals surface area contributed by atoms with E-state index < -0.39 is 0 Å². The van der Waals surface area contributed by atoms with Crippen LogP contribution in [0.5, 0.6) is 0 Å². The molecular weight excluding hydrogens is 328 g/mol. The van der Waals surface area contributed by atoms with Gasteiger partial charge in [-0.2, -0.15) is 0 Å². The average molecular weight is 351 g/mol. The number of quaternary nitrogens is 1. The monoisotopic (exact) mass is 351 g/mol. The van der Waals surface area contributed by atoms with Gasteiger partial charge in [-0.1, -0.05) is 54.6 Å². The smallest absolute Gasteiger partial charge is 0.279 e. The second kappa shape index (κ2) is 8.60. The lowest BCUT2D eigenvalue weighted by Gasteiger charge is -2.15. The highest BCUT2D eigenvalue weighted by Gasteiger charge is 2.13. The molecule has 1 aromatic heterocycles. The van der Waals surface area contributed by atoms with Crippen LogP contribution in [-0.4, -0.2) is 19.5 Å². The first-order chi connectivity index (χ1) is 12.2. The third-order valence-electron chi connectivity index (χ3n) is 4.05. The zero-order valence-electron chi connectivity index (χ0n) is 14.4. The van der Waals surface area contributed by atoms with Crippen molar-refractivity contribution < 1.29 is 9.69 Å². The van der Waals surface area contributed by atoms with Crippen LogP contribution < -0.4 is 10.2 Å². The molecule has 0 bridgehead atoms. The molecule has 25 heavy (non-hydrogen) atoms. The van der Waals surface area contributed by atoms with Gasteiger partial charge in [0.15, 0.2) is 6.54 Å². The number of para-hydroxylation sites is 1. The third-order valence-corrected chi connectivity index (χ3v) is 4.92. The zero-order chi connectivity index (χ0) is 17.5. The number of benzene rings is 2. The van der Waals surface area contributed by atoms with Crippen molar-refractivity contribution in [3.63, 3.8) is 0 Å². The van der Waals surface area contributed by atoms with Crippen LogP contribution in [0.25, 0.3) is 0 Å². The lowest BCUT2D eigenvalue weighted by molar-refractivity contribution is -0.884. The van der Waals surface area contributed by atoms with Crippen LogP contribution in [0.15, 0.2) is 72.1 Å². The molecule has 2 N–H and O–H groups in total. The molecule has 0 aliphatic heterocycles. The summed E-state index contributed by atoms with van der Waals surface area (Å²) in [6.07, 6.45) is 0.815. The van der Waals surface area contributed by atoms with Gasteiger partial charge < -0.3 is 10.2 Å². The maximum Gasteiger partial charge on any atom is 0.279 e. The molecule has 1 heterocycles. The van der Waals surface area contributed by atoms with Gasteiger partial charge in [0.25, 0.3) is 5.91 Å². The van der Waals surface area contributed by atoms with Crippen molar-refractivity contribution in [2.24, 2.45) is 0 Å². The number of carbonyl (C=O) groups excluding carboxylic acids is 1. The Kier molecular flexibility index (Phi) is 5.99. The van der Waals surface area contributed by atoms with Gasteiger partial charge in [0.2, 0.25) is 0 Å². The van der Waals surface area contributed by atoms with Crippen LogP contribution in [0, 0.1) is 0 Å². The highest BCUT2D eigenvalue weighted by Crippen LogP contribution is 2.18. The second-order valence-corrected chi connectivity index (χ2v) is 7.29. The SMILES string of the molecule is C[NH+](CC(=O)Nc1ccccc1Cc1ccccc1)Cc1cccs1. The minimum absolute atomic E-state index is 0.0505. The van der Waals surface area contributed by atoms with E-state index in [9.17, 15) is 4.79 Å². The highest BCUT2D eigenvalue weighted by molar-refractivity contribution is 7.09. The van der Waals surface area contributed by atoms with Gasteiger partial charge in [-0.3, -0.25) is 4.79 Å². The maximum absolute atomic E-state index is 12.4. The van der Waals surface area contributed by atoms with Gasteiger partial charge in [0.05, 0.1) is 11.9 Å². The van der Waals surface area contributed by atoms with Crippen LogP contribution >= 0.6 is 11.3 Å². The van der Waals surface area contributed by atoms with E-state index in [2.05, 4.69) is 42.0 Å². The Morgan fingerprint density at radius 3 is 2.52 bits per heavy atom. The van der Waals surface area contributed by atoms with E-state index in [0.717, 1.165) is 24.2 Å². The molecule has 1 atom stereocenters. The summed E-state index contributed by atoms with van der Waals surface area (Å²) in [4.78, 5) is 14.9. The molecular formula is C21H23N2OS+. The van der Waals surface area contributed by atoms with Crippen LogP contribution in [-0.2, 0) is 17.8 Å². The molecule has 3 nitrogen and oxygen atoms in total. The molecule has 0 fully saturated rings. The second-order valence-electron chi connectivity index (χ2n) is 6.26. The van der Waals surface area contributed by atoms with Gasteiger partial charge in [-0.15, -0.1) is 11.3 Å². The normalized spacial score (nSPS) is 11.9. The number of hydrogen-bond donors (Lipinski definition) is 2. The Balaban J connectivity index is 1.61. The van der Waals surface area contributed by atoms with Crippen LogP contribution in [0.3, 0.4) is 0 Å². The van der Waals surface area contributed by atoms with E-state index in [1.807, 2.05) is 42.5 Å². The van der Waals surface area contributed by atoms with Crippen LogP contribution in [0.2, 0.25) is 0 Å².